The molecule has 11 heteroatoms. The minimum atomic E-state index is -0.679. The van der Waals surface area contributed by atoms with E-state index in [0.717, 1.165) is 24.2 Å². The molecule has 3 fully saturated rings. The van der Waals surface area contributed by atoms with Crippen LogP contribution in [0.2, 0.25) is 0 Å². The summed E-state index contributed by atoms with van der Waals surface area (Å²) in [6.45, 7) is 7.12. The van der Waals surface area contributed by atoms with Gasteiger partial charge in [0.2, 0.25) is 5.89 Å². The van der Waals surface area contributed by atoms with Gasteiger partial charge in [0.05, 0.1) is 35.6 Å². The van der Waals surface area contributed by atoms with E-state index in [0.29, 0.717) is 67.3 Å². The molecule has 0 spiro atoms. The van der Waals surface area contributed by atoms with Crippen LogP contribution in [0.15, 0.2) is 16.7 Å². The first-order chi connectivity index (χ1) is 16.7. The average Bonchev–Trinajstić information content (AvgIpc) is 3.36. The smallest absolute Gasteiger partial charge is 0.309 e. The molecule has 3 aliphatic carbocycles. The largest absolute Gasteiger partial charge is 0.491 e. The van der Waals surface area contributed by atoms with Crippen molar-refractivity contribution in [2.24, 2.45) is 23.8 Å². The lowest BCUT2D eigenvalue weighted by Crippen LogP contribution is -2.67. The van der Waals surface area contributed by atoms with E-state index in [1.165, 1.54) is 0 Å². The maximum Gasteiger partial charge on any atom is 0.309 e. The predicted molar refractivity (Wildman–Crippen MR) is 126 cm³/mol. The summed E-state index contributed by atoms with van der Waals surface area (Å²) in [7, 11) is 1.83. The lowest BCUT2D eigenvalue weighted by Gasteiger charge is -2.67. The van der Waals surface area contributed by atoms with Gasteiger partial charge in [-0.1, -0.05) is 25.5 Å². The van der Waals surface area contributed by atoms with Crippen LogP contribution in [0.5, 0.6) is 5.75 Å². The van der Waals surface area contributed by atoms with E-state index in [2.05, 4.69) is 39.6 Å². The van der Waals surface area contributed by atoms with Gasteiger partial charge in [-0.3, -0.25) is 4.79 Å². The van der Waals surface area contributed by atoms with Crippen molar-refractivity contribution in [2.45, 2.75) is 59.4 Å². The maximum absolute atomic E-state index is 11.3. The Morgan fingerprint density at radius 1 is 1.31 bits per heavy atom. The van der Waals surface area contributed by atoms with Crippen LogP contribution >= 0.6 is 0 Å². The van der Waals surface area contributed by atoms with E-state index < -0.39 is 11.4 Å². The number of anilines is 1. The highest BCUT2D eigenvalue weighted by atomic mass is 16.5. The molecular formula is C24H31N7O4. The summed E-state index contributed by atoms with van der Waals surface area (Å²) in [4.78, 5) is 20.4. The van der Waals surface area contributed by atoms with Crippen LogP contribution in [0.4, 0.5) is 5.95 Å². The Bertz CT molecular complexity index is 1230. The number of carboxylic acids is 1. The van der Waals surface area contributed by atoms with Crippen molar-refractivity contribution in [1.29, 1.82) is 0 Å². The number of rotatable bonds is 11. The van der Waals surface area contributed by atoms with Crippen LogP contribution in [0.1, 0.15) is 56.8 Å². The van der Waals surface area contributed by atoms with Crippen molar-refractivity contribution in [1.82, 2.24) is 30.1 Å². The molecule has 186 valence electrons. The molecule has 1 unspecified atom stereocenters. The fourth-order valence-corrected chi connectivity index (χ4v) is 5.23. The van der Waals surface area contributed by atoms with Crippen molar-refractivity contribution in [3.63, 3.8) is 0 Å². The van der Waals surface area contributed by atoms with Gasteiger partial charge in [0, 0.05) is 18.9 Å². The molecule has 3 heterocycles. The second kappa shape index (κ2) is 8.62. The summed E-state index contributed by atoms with van der Waals surface area (Å²) in [6, 6.07) is 3.76. The van der Waals surface area contributed by atoms with Gasteiger partial charge in [-0.25, -0.2) is 9.67 Å². The Morgan fingerprint density at radius 2 is 2.09 bits per heavy atom. The molecule has 3 aromatic heterocycles. The molecule has 0 radical (unpaired) electrons. The Balaban J connectivity index is 1.22. The number of hydrogen-bond donors (Lipinski definition) is 2. The number of aromatic nitrogens is 6. The van der Waals surface area contributed by atoms with Gasteiger partial charge < -0.3 is 19.7 Å². The van der Waals surface area contributed by atoms with E-state index in [9.17, 15) is 9.90 Å². The summed E-state index contributed by atoms with van der Waals surface area (Å²) >= 11 is 0. The fraction of sp³-hybridized carbons (Fsp3) is 0.583. The SMILES string of the molecule is CCC(C)Cc1nc(NCc2c(-c3ccc(OCC45CC(C(=O)O)(C4)C5)c(C)n3)nnn2C)no1. The first-order valence-corrected chi connectivity index (χ1v) is 12.0. The Hall–Kier alpha value is -3.50. The number of aliphatic carboxylic acids is 1. The molecular weight excluding hydrogens is 450 g/mol. The third-order valence-corrected chi connectivity index (χ3v) is 7.45. The summed E-state index contributed by atoms with van der Waals surface area (Å²) in [5.74, 6) is 1.56. The van der Waals surface area contributed by atoms with E-state index in [4.69, 9.17) is 14.2 Å². The number of hydrogen-bond acceptors (Lipinski definition) is 9. The summed E-state index contributed by atoms with van der Waals surface area (Å²) < 4.78 is 13.1. The van der Waals surface area contributed by atoms with E-state index in [1.54, 1.807) is 4.68 Å². The second-order valence-electron chi connectivity index (χ2n) is 10.3. The molecule has 35 heavy (non-hydrogen) atoms. The third kappa shape index (κ3) is 4.23. The van der Waals surface area contributed by atoms with Crippen molar-refractivity contribution in [2.75, 3.05) is 11.9 Å². The van der Waals surface area contributed by atoms with Crippen molar-refractivity contribution >= 4 is 11.9 Å². The van der Waals surface area contributed by atoms with Crippen molar-refractivity contribution in [3.05, 3.63) is 29.4 Å². The Labute approximate surface area is 203 Å². The molecule has 3 aliphatic rings. The first kappa shape index (κ1) is 23.3. The number of carbonyl (C=O) groups is 1. The Morgan fingerprint density at radius 3 is 2.77 bits per heavy atom. The molecule has 6 rings (SSSR count). The number of carboxylic acid groups (broad SMARTS) is 1. The molecule has 1 atom stereocenters. The van der Waals surface area contributed by atoms with Crippen LogP contribution in [0.25, 0.3) is 11.4 Å². The van der Waals surface area contributed by atoms with Crippen LogP contribution < -0.4 is 10.1 Å². The predicted octanol–water partition coefficient (Wildman–Crippen LogP) is 3.40. The standard InChI is InChI=1S/C24H31N7O4/c1-5-14(2)8-19-27-22(29-35-19)25-9-17-20(28-30-31(17)4)16-6-7-18(15(3)26-16)34-13-23-10-24(11-23,12-23)21(32)33/h6-7,14H,5,8-13H2,1-4H3,(H,25,29)(H,32,33). The summed E-state index contributed by atoms with van der Waals surface area (Å²) in [6.07, 6.45) is 3.92. The minimum Gasteiger partial charge on any atom is -0.491 e. The molecule has 0 aliphatic heterocycles. The summed E-state index contributed by atoms with van der Waals surface area (Å²) in [5, 5.41) is 25.0. The zero-order valence-corrected chi connectivity index (χ0v) is 20.5. The highest BCUT2D eigenvalue weighted by Crippen LogP contribution is 2.73. The monoisotopic (exact) mass is 481 g/mol. The zero-order valence-electron chi connectivity index (χ0n) is 20.5. The van der Waals surface area contributed by atoms with Gasteiger partial charge in [-0.15, -0.1) is 5.10 Å². The zero-order chi connectivity index (χ0) is 24.8. The second-order valence-corrected chi connectivity index (χ2v) is 10.3. The van der Waals surface area contributed by atoms with Crippen LogP contribution in [0, 0.1) is 23.7 Å². The lowest BCUT2D eigenvalue weighted by atomic mass is 9.35. The molecule has 0 saturated heterocycles. The minimum absolute atomic E-state index is 0.0108. The molecule has 3 aromatic rings. The normalized spacial score (nSPS) is 23.3. The number of pyridine rings is 1. The van der Waals surface area contributed by atoms with Crippen molar-refractivity contribution in [3.8, 4) is 17.1 Å². The van der Waals surface area contributed by atoms with E-state index >= 15 is 0 Å². The average molecular weight is 482 g/mol. The number of aryl methyl sites for hydroxylation is 2. The quantitative estimate of drug-likeness (QED) is 0.418. The van der Waals surface area contributed by atoms with Gasteiger partial charge in [0.25, 0.3) is 5.95 Å². The third-order valence-electron chi connectivity index (χ3n) is 7.45. The highest BCUT2D eigenvalue weighted by molar-refractivity contribution is 5.79. The van der Waals surface area contributed by atoms with Crippen LogP contribution in [0.3, 0.4) is 0 Å². The van der Waals surface area contributed by atoms with Crippen LogP contribution in [-0.2, 0) is 24.8 Å². The highest BCUT2D eigenvalue weighted by Gasteiger charge is 2.72. The van der Waals surface area contributed by atoms with Gasteiger partial charge in [-0.2, -0.15) is 4.98 Å². The molecule has 3 saturated carbocycles. The number of ether oxygens (including phenoxy) is 1. The lowest BCUT2D eigenvalue weighted by molar-refractivity contribution is -0.231. The van der Waals surface area contributed by atoms with E-state index in [-0.39, 0.29) is 5.41 Å². The molecule has 0 aromatic carbocycles. The summed E-state index contributed by atoms with van der Waals surface area (Å²) in [5.41, 5.74) is 2.47. The molecule has 0 amide bonds. The van der Waals surface area contributed by atoms with Gasteiger partial charge >= 0.3 is 5.97 Å². The first-order valence-electron chi connectivity index (χ1n) is 12.0. The van der Waals surface area contributed by atoms with Crippen molar-refractivity contribution < 1.29 is 19.2 Å². The van der Waals surface area contributed by atoms with Crippen LogP contribution in [-0.4, -0.2) is 47.8 Å². The maximum atomic E-state index is 11.3. The van der Waals surface area contributed by atoms with Gasteiger partial charge in [0.1, 0.15) is 11.4 Å². The fourth-order valence-electron chi connectivity index (χ4n) is 5.23. The Kier molecular flexibility index (Phi) is 5.72. The molecule has 2 bridgehead atoms. The topological polar surface area (TPSA) is 141 Å². The number of nitrogens with one attached hydrogen (secondary N) is 1. The van der Waals surface area contributed by atoms with E-state index in [1.807, 2.05) is 26.1 Å². The molecule has 2 N–H and O–H groups in total. The van der Waals surface area contributed by atoms with Gasteiger partial charge in [0.15, 0.2) is 0 Å². The van der Waals surface area contributed by atoms with Gasteiger partial charge in [-0.05, 0) is 49.4 Å². The molecule has 11 nitrogen and oxygen atoms in total. The number of nitrogens with zero attached hydrogens (tertiary/aromatic N) is 6.